The minimum Gasteiger partial charge on any atom is -0.462 e. The summed E-state index contributed by atoms with van der Waals surface area (Å²) >= 11 is 0. The average molecular weight is 984 g/mol. The number of allylic oxidation sites excluding steroid dienone is 20. The number of hydrogen-bond acceptors (Lipinski definition) is 6. The lowest BCUT2D eigenvalue weighted by atomic mass is 10.1. The molecule has 0 aliphatic heterocycles. The van der Waals surface area contributed by atoms with Crippen LogP contribution < -0.4 is 0 Å². The second kappa shape index (κ2) is 58.4. The van der Waals surface area contributed by atoms with Crippen molar-refractivity contribution in [3.05, 3.63) is 122 Å². The first-order valence-corrected chi connectivity index (χ1v) is 29.0. The minimum absolute atomic E-state index is 0.0933. The summed E-state index contributed by atoms with van der Waals surface area (Å²) in [6.07, 6.45) is 80.6. The molecule has 0 aromatic heterocycles. The summed E-state index contributed by atoms with van der Waals surface area (Å²) < 4.78 is 16.8. The van der Waals surface area contributed by atoms with Gasteiger partial charge in [-0.2, -0.15) is 0 Å². The summed E-state index contributed by atoms with van der Waals surface area (Å²) in [4.78, 5) is 38.0. The SMILES string of the molecule is CC/C=C\C/C=C\C/C=C\C/C=C\C/C=C\C/C=C\C/C=C\C/C=C\CCCCCCC(=O)OCC(COC(=O)CCCCCCCCCC)OC(=O)CCCCCCC/C=C\C/C=C\CCCCCC. The van der Waals surface area contributed by atoms with Crippen molar-refractivity contribution in [2.75, 3.05) is 13.2 Å². The molecule has 0 fully saturated rings. The zero-order valence-electron chi connectivity index (χ0n) is 45.9. The highest BCUT2D eigenvalue weighted by Crippen LogP contribution is 2.13. The first-order chi connectivity index (χ1) is 35.0. The summed E-state index contributed by atoms with van der Waals surface area (Å²) in [5.41, 5.74) is 0. The molecule has 0 amide bonds. The molecular formula is C65H106O6. The van der Waals surface area contributed by atoms with Gasteiger partial charge in [0.05, 0.1) is 0 Å². The Hall–Kier alpha value is -4.19. The molecule has 0 N–H and O–H groups in total. The number of ether oxygens (including phenoxy) is 3. The molecule has 1 atom stereocenters. The molecular weight excluding hydrogens is 877 g/mol. The van der Waals surface area contributed by atoms with E-state index in [2.05, 4.69) is 142 Å². The monoisotopic (exact) mass is 983 g/mol. The van der Waals surface area contributed by atoms with Gasteiger partial charge in [-0.1, -0.05) is 239 Å². The van der Waals surface area contributed by atoms with E-state index in [1.165, 1.54) is 64.2 Å². The van der Waals surface area contributed by atoms with Crippen molar-refractivity contribution in [2.45, 2.75) is 258 Å². The van der Waals surface area contributed by atoms with Crippen molar-refractivity contribution >= 4 is 17.9 Å². The maximum Gasteiger partial charge on any atom is 0.306 e. The van der Waals surface area contributed by atoms with Crippen molar-refractivity contribution in [3.63, 3.8) is 0 Å². The number of rotatable bonds is 51. The summed E-state index contributed by atoms with van der Waals surface area (Å²) in [5, 5.41) is 0. The van der Waals surface area contributed by atoms with Gasteiger partial charge in [0, 0.05) is 19.3 Å². The van der Waals surface area contributed by atoms with E-state index in [4.69, 9.17) is 14.2 Å². The molecule has 0 rings (SSSR count). The van der Waals surface area contributed by atoms with Gasteiger partial charge in [-0.05, 0) is 116 Å². The third kappa shape index (κ3) is 56.6. The van der Waals surface area contributed by atoms with E-state index in [-0.39, 0.29) is 31.1 Å². The molecule has 0 saturated carbocycles. The molecule has 0 heterocycles. The Morgan fingerprint density at radius 3 is 0.873 bits per heavy atom. The largest absolute Gasteiger partial charge is 0.462 e. The van der Waals surface area contributed by atoms with Gasteiger partial charge in [-0.25, -0.2) is 0 Å². The fourth-order valence-electron chi connectivity index (χ4n) is 7.60. The van der Waals surface area contributed by atoms with Crippen molar-refractivity contribution in [3.8, 4) is 0 Å². The fraction of sp³-hybridized carbons (Fsp3) is 0.646. The van der Waals surface area contributed by atoms with Crippen molar-refractivity contribution in [2.24, 2.45) is 0 Å². The number of unbranched alkanes of at least 4 members (excludes halogenated alkanes) is 20. The van der Waals surface area contributed by atoms with Gasteiger partial charge >= 0.3 is 17.9 Å². The van der Waals surface area contributed by atoms with Crippen LogP contribution >= 0.6 is 0 Å². The van der Waals surface area contributed by atoms with Crippen LogP contribution in [0.4, 0.5) is 0 Å². The van der Waals surface area contributed by atoms with Gasteiger partial charge < -0.3 is 14.2 Å². The molecule has 0 spiro atoms. The lowest BCUT2D eigenvalue weighted by molar-refractivity contribution is -0.167. The Balaban J connectivity index is 4.30. The van der Waals surface area contributed by atoms with Crippen molar-refractivity contribution in [1.82, 2.24) is 0 Å². The van der Waals surface area contributed by atoms with Gasteiger partial charge in [0.25, 0.3) is 0 Å². The van der Waals surface area contributed by atoms with Crippen LogP contribution in [0.3, 0.4) is 0 Å². The Kier molecular flexibility index (Phi) is 54.9. The number of hydrogen-bond donors (Lipinski definition) is 0. The van der Waals surface area contributed by atoms with Gasteiger partial charge in [-0.3, -0.25) is 14.4 Å². The molecule has 1 unspecified atom stereocenters. The first kappa shape index (κ1) is 66.8. The predicted octanol–water partition coefficient (Wildman–Crippen LogP) is 19.6. The van der Waals surface area contributed by atoms with Gasteiger partial charge in [0.1, 0.15) is 13.2 Å². The molecule has 0 aliphatic rings. The molecule has 0 aliphatic carbocycles. The first-order valence-electron chi connectivity index (χ1n) is 29.0. The molecule has 6 heteroatoms. The highest BCUT2D eigenvalue weighted by Gasteiger charge is 2.19. The maximum absolute atomic E-state index is 12.8. The summed E-state index contributed by atoms with van der Waals surface area (Å²) in [6, 6.07) is 0. The van der Waals surface area contributed by atoms with Crippen LogP contribution in [-0.2, 0) is 28.6 Å². The highest BCUT2D eigenvalue weighted by molar-refractivity contribution is 5.71. The summed E-state index contributed by atoms with van der Waals surface area (Å²) in [5.74, 6) is -0.940. The van der Waals surface area contributed by atoms with Crippen molar-refractivity contribution < 1.29 is 28.6 Å². The highest BCUT2D eigenvalue weighted by atomic mass is 16.6. The molecule has 0 aromatic carbocycles. The average Bonchev–Trinajstić information content (AvgIpc) is 3.37. The number of esters is 3. The topological polar surface area (TPSA) is 78.9 Å². The second-order valence-corrected chi connectivity index (χ2v) is 18.8. The van der Waals surface area contributed by atoms with Crippen LogP contribution in [0.2, 0.25) is 0 Å². The van der Waals surface area contributed by atoms with Crippen molar-refractivity contribution in [1.29, 1.82) is 0 Å². The Morgan fingerprint density at radius 1 is 0.296 bits per heavy atom. The van der Waals surface area contributed by atoms with E-state index in [9.17, 15) is 14.4 Å². The smallest absolute Gasteiger partial charge is 0.306 e. The van der Waals surface area contributed by atoms with E-state index in [1.54, 1.807) is 0 Å². The van der Waals surface area contributed by atoms with Gasteiger partial charge in [0.2, 0.25) is 0 Å². The van der Waals surface area contributed by atoms with Crippen LogP contribution in [0.25, 0.3) is 0 Å². The lowest BCUT2D eigenvalue weighted by Gasteiger charge is -2.18. The van der Waals surface area contributed by atoms with E-state index in [1.807, 2.05) is 0 Å². The Morgan fingerprint density at radius 2 is 0.549 bits per heavy atom. The van der Waals surface area contributed by atoms with Gasteiger partial charge in [0.15, 0.2) is 6.10 Å². The zero-order chi connectivity index (χ0) is 51.4. The standard InChI is InChI=1S/C65H106O6/c1-4-7-10-13-16-19-21-23-25-27-28-29-30-31-32-33-34-35-36-37-38-39-41-42-44-46-49-52-55-58-64(67)70-61-62(60-69-63(66)57-54-51-48-18-15-12-9-6-3)71-65(68)59-56-53-50-47-45-43-40-26-24-22-20-17-14-11-8-5-2/h7,10,16,19-20,22-23,25-26,28-29,31-32,34-35,37-38,40-42,62H,4-6,8-9,11-15,17-18,21,24,27,30,33,36,39,43-61H2,1-3H3/b10-7-,19-16-,22-20-,25-23-,29-28-,32-31-,35-34-,38-37-,40-26-,42-41-. The Bertz CT molecular complexity index is 1500. The third-order valence-corrected chi connectivity index (χ3v) is 12.0. The van der Waals surface area contributed by atoms with Crippen LogP contribution in [0, 0.1) is 0 Å². The molecule has 0 bridgehead atoms. The maximum atomic E-state index is 12.8. The van der Waals surface area contributed by atoms with E-state index >= 15 is 0 Å². The van der Waals surface area contributed by atoms with Crippen LogP contribution in [0.5, 0.6) is 0 Å². The summed E-state index contributed by atoms with van der Waals surface area (Å²) in [7, 11) is 0. The Labute approximate surface area is 437 Å². The van der Waals surface area contributed by atoms with Crippen LogP contribution in [0.15, 0.2) is 122 Å². The van der Waals surface area contributed by atoms with E-state index in [0.717, 1.165) is 148 Å². The second-order valence-electron chi connectivity index (χ2n) is 18.8. The quantitative estimate of drug-likeness (QED) is 0.0261. The van der Waals surface area contributed by atoms with E-state index in [0.29, 0.717) is 19.3 Å². The van der Waals surface area contributed by atoms with Crippen LogP contribution in [0.1, 0.15) is 252 Å². The molecule has 71 heavy (non-hydrogen) atoms. The van der Waals surface area contributed by atoms with Gasteiger partial charge in [-0.15, -0.1) is 0 Å². The normalized spacial score (nSPS) is 13.0. The molecule has 0 radical (unpaired) electrons. The zero-order valence-corrected chi connectivity index (χ0v) is 45.9. The number of carbonyl (C=O) groups is 3. The predicted molar refractivity (Wildman–Crippen MR) is 306 cm³/mol. The molecule has 0 saturated heterocycles. The number of carbonyl (C=O) groups excluding carboxylic acids is 3. The van der Waals surface area contributed by atoms with Crippen LogP contribution in [-0.4, -0.2) is 37.2 Å². The third-order valence-electron chi connectivity index (χ3n) is 12.0. The fourth-order valence-corrected chi connectivity index (χ4v) is 7.60. The van der Waals surface area contributed by atoms with E-state index < -0.39 is 6.10 Å². The summed E-state index contributed by atoms with van der Waals surface area (Å²) in [6.45, 7) is 6.44. The molecule has 0 aromatic rings. The lowest BCUT2D eigenvalue weighted by Crippen LogP contribution is -2.30. The molecule has 402 valence electrons. The molecule has 6 nitrogen and oxygen atoms in total. The minimum atomic E-state index is -0.796.